The molecule has 0 bridgehead atoms. The zero-order valence-electron chi connectivity index (χ0n) is 10.9. The maximum atomic E-state index is 4.74. The van der Waals surface area contributed by atoms with Gasteiger partial charge in [0.15, 0.2) is 0 Å². The van der Waals surface area contributed by atoms with Gasteiger partial charge in [0.1, 0.15) is 0 Å². The Morgan fingerprint density at radius 1 is 1.00 bits per heavy atom. The van der Waals surface area contributed by atoms with Crippen molar-refractivity contribution in [2.75, 3.05) is 0 Å². The van der Waals surface area contributed by atoms with Crippen LogP contribution in [0.2, 0.25) is 0 Å². The molecule has 1 aromatic carbocycles. The van der Waals surface area contributed by atoms with Gasteiger partial charge in [0.25, 0.3) is 0 Å². The highest BCUT2D eigenvalue weighted by atomic mass is 14.8. The lowest BCUT2D eigenvalue weighted by Crippen LogP contribution is -2.00. The minimum absolute atomic E-state index is 0.476. The lowest BCUT2D eigenvalue weighted by molar-refractivity contribution is 0.745. The average Bonchev–Trinajstić information content (AvgIpc) is 2.25. The summed E-state index contributed by atoms with van der Waals surface area (Å²) in [6.45, 7) is 10.7. The Labute approximate surface area is 98.9 Å². The van der Waals surface area contributed by atoms with Crippen LogP contribution in [0.1, 0.15) is 40.2 Å². The van der Waals surface area contributed by atoms with E-state index in [0.29, 0.717) is 5.92 Å². The highest BCUT2D eigenvalue weighted by molar-refractivity contribution is 5.99. The van der Waals surface area contributed by atoms with Crippen LogP contribution in [-0.2, 0) is 0 Å². The van der Waals surface area contributed by atoms with Crippen LogP contribution in [0, 0.1) is 5.92 Å². The van der Waals surface area contributed by atoms with E-state index in [1.165, 1.54) is 16.8 Å². The van der Waals surface area contributed by atoms with Gasteiger partial charge in [-0.05, 0) is 32.3 Å². The topological polar surface area (TPSA) is 12.4 Å². The van der Waals surface area contributed by atoms with Gasteiger partial charge in [0, 0.05) is 11.4 Å². The first-order valence-electron chi connectivity index (χ1n) is 5.80. The summed E-state index contributed by atoms with van der Waals surface area (Å²) in [5.41, 5.74) is 4.78. The van der Waals surface area contributed by atoms with Crippen molar-refractivity contribution in [1.82, 2.24) is 0 Å². The summed E-state index contributed by atoms with van der Waals surface area (Å²) in [4.78, 5) is 4.74. The Morgan fingerprint density at radius 3 is 2.00 bits per heavy atom. The highest BCUT2D eigenvalue weighted by Gasteiger charge is 2.05. The summed E-state index contributed by atoms with van der Waals surface area (Å²) in [7, 11) is 0. The molecular formula is C15H21N. The highest BCUT2D eigenvalue weighted by Crippen LogP contribution is 2.17. The SMILES string of the molecule is CC(C)=C(/N=C(\C)c1ccccc1)C(C)C. The molecule has 0 aliphatic heterocycles. The molecule has 0 fully saturated rings. The lowest BCUT2D eigenvalue weighted by Gasteiger charge is -2.10. The summed E-state index contributed by atoms with van der Waals surface area (Å²) in [6.07, 6.45) is 0. The third-order valence-electron chi connectivity index (χ3n) is 2.54. The quantitative estimate of drug-likeness (QED) is 0.661. The first-order valence-corrected chi connectivity index (χ1v) is 5.80. The van der Waals surface area contributed by atoms with Crippen molar-refractivity contribution >= 4 is 5.71 Å². The van der Waals surface area contributed by atoms with Gasteiger partial charge in [-0.1, -0.05) is 49.8 Å². The molecule has 0 aliphatic carbocycles. The molecule has 0 amide bonds. The summed E-state index contributed by atoms with van der Waals surface area (Å²) >= 11 is 0. The molecule has 86 valence electrons. The second-order valence-corrected chi connectivity index (χ2v) is 4.60. The first kappa shape index (κ1) is 12.7. The smallest absolute Gasteiger partial charge is 0.0448 e. The van der Waals surface area contributed by atoms with E-state index in [4.69, 9.17) is 4.99 Å². The molecule has 0 aromatic heterocycles. The number of allylic oxidation sites excluding steroid dienone is 2. The van der Waals surface area contributed by atoms with Crippen molar-refractivity contribution in [1.29, 1.82) is 0 Å². The normalized spacial score (nSPS) is 11.8. The summed E-state index contributed by atoms with van der Waals surface area (Å²) in [5, 5.41) is 0. The molecule has 16 heavy (non-hydrogen) atoms. The minimum Gasteiger partial charge on any atom is -0.257 e. The molecule has 1 heteroatoms. The third-order valence-corrected chi connectivity index (χ3v) is 2.54. The molecule has 0 saturated carbocycles. The summed E-state index contributed by atoms with van der Waals surface area (Å²) in [5.74, 6) is 0.476. The van der Waals surface area contributed by atoms with Crippen molar-refractivity contribution in [3.63, 3.8) is 0 Å². The van der Waals surface area contributed by atoms with Gasteiger partial charge in [-0.3, -0.25) is 4.99 Å². The van der Waals surface area contributed by atoms with Crippen molar-refractivity contribution in [2.45, 2.75) is 34.6 Å². The van der Waals surface area contributed by atoms with E-state index in [2.05, 4.69) is 46.8 Å². The lowest BCUT2D eigenvalue weighted by atomic mass is 10.1. The Balaban J connectivity index is 3.06. The van der Waals surface area contributed by atoms with Crippen LogP contribution in [0.3, 0.4) is 0 Å². The van der Waals surface area contributed by atoms with Crippen LogP contribution in [0.4, 0.5) is 0 Å². The van der Waals surface area contributed by atoms with Crippen LogP contribution >= 0.6 is 0 Å². The van der Waals surface area contributed by atoms with Crippen molar-refractivity contribution in [2.24, 2.45) is 10.9 Å². The van der Waals surface area contributed by atoms with Crippen molar-refractivity contribution in [3.8, 4) is 0 Å². The minimum atomic E-state index is 0.476. The fraction of sp³-hybridized carbons (Fsp3) is 0.400. The molecule has 0 unspecified atom stereocenters. The molecule has 0 saturated heterocycles. The van der Waals surface area contributed by atoms with E-state index in [0.717, 1.165) is 5.71 Å². The molecule has 0 N–H and O–H groups in total. The van der Waals surface area contributed by atoms with Crippen LogP contribution in [0.5, 0.6) is 0 Å². The number of aliphatic imine (C=N–C) groups is 1. The maximum absolute atomic E-state index is 4.74. The predicted octanol–water partition coefficient (Wildman–Crippen LogP) is 4.45. The van der Waals surface area contributed by atoms with Crippen molar-refractivity contribution < 1.29 is 0 Å². The second-order valence-electron chi connectivity index (χ2n) is 4.60. The first-order chi connectivity index (χ1) is 7.52. The van der Waals surface area contributed by atoms with E-state index >= 15 is 0 Å². The van der Waals surface area contributed by atoms with E-state index in [1.807, 2.05) is 18.2 Å². The van der Waals surface area contributed by atoms with Crippen LogP contribution in [0.15, 0.2) is 46.6 Å². The van der Waals surface area contributed by atoms with E-state index in [1.54, 1.807) is 0 Å². The molecule has 1 rings (SSSR count). The molecule has 0 spiro atoms. The van der Waals surface area contributed by atoms with Crippen LogP contribution in [0.25, 0.3) is 0 Å². The predicted molar refractivity (Wildman–Crippen MR) is 71.9 cm³/mol. The number of nitrogens with zero attached hydrogens (tertiary/aromatic N) is 1. The zero-order valence-corrected chi connectivity index (χ0v) is 10.9. The molecule has 0 heterocycles. The van der Waals surface area contributed by atoms with Gasteiger partial charge in [-0.25, -0.2) is 0 Å². The van der Waals surface area contributed by atoms with E-state index in [9.17, 15) is 0 Å². The fourth-order valence-electron chi connectivity index (χ4n) is 1.74. The Morgan fingerprint density at radius 2 is 1.56 bits per heavy atom. The van der Waals surface area contributed by atoms with Gasteiger partial charge >= 0.3 is 0 Å². The van der Waals surface area contributed by atoms with Crippen LogP contribution < -0.4 is 0 Å². The Kier molecular flexibility index (Phi) is 4.48. The standard InChI is InChI=1S/C15H21N/c1-11(2)15(12(3)4)16-13(5)14-9-7-6-8-10-14/h6-11H,1-5H3/b16-13+. The molecule has 0 radical (unpaired) electrons. The largest absolute Gasteiger partial charge is 0.257 e. The van der Waals surface area contributed by atoms with E-state index < -0.39 is 0 Å². The zero-order chi connectivity index (χ0) is 12.1. The summed E-state index contributed by atoms with van der Waals surface area (Å²) < 4.78 is 0. The third kappa shape index (κ3) is 3.34. The van der Waals surface area contributed by atoms with Gasteiger partial charge in [0.05, 0.1) is 0 Å². The molecular weight excluding hydrogens is 194 g/mol. The number of benzene rings is 1. The van der Waals surface area contributed by atoms with Gasteiger partial charge in [0.2, 0.25) is 0 Å². The molecule has 0 atom stereocenters. The Bertz CT molecular complexity index is 393. The summed E-state index contributed by atoms with van der Waals surface area (Å²) in [6, 6.07) is 10.3. The van der Waals surface area contributed by atoms with Gasteiger partial charge in [-0.2, -0.15) is 0 Å². The molecule has 0 aliphatic rings. The maximum Gasteiger partial charge on any atom is 0.0448 e. The number of hydrogen-bond acceptors (Lipinski definition) is 1. The average molecular weight is 215 g/mol. The second kappa shape index (κ2) is 5.64. The number of hydrogen-bond donors (Lipinski definition) is 0. The van der Waals surface area contributed by atoms with Crippen molar-refractivity contribution in [3.05, 3.63) is 47.2 Å². The molecule has 1 nitrogen and oxygen atoms in total. The van der Waals surface area contributed by atoms with E-state index in [-0.39, 0.29) is 0 Å². The van der Waals surface area contributed by atoms with Gasteiger partial charge < -0.3 is 0 Å². The molecule has 1 aromatic rings. The monoisotopic (exact) mass is 215 g/mol. The van der Waals surface area contributed by atoms with Crippen LogP contribution in [-0.4, -0.2) is 5.71 Å². The van der Waals surface area contributed by atoms with Gasteiger partial charge in [-0.15, -0.1) is 0 Å². The Hall–Kier alpha value is -1.37. The fourth-order valence-corrected chi connectivity index (χ4v) is 1.74. The number of rotatable bonds is 3.